The maximum Gasteiger partial charge on any atom is 0.340 e. The average Bonchev–Trinajstić information content (AvgIpc) is 2.04. The zero-order chi connectivity index (χ0) is 10.1. The van der Waals surface area contributed by atoms with E-state index in [1.165, 1.54) is 18.2 Å². The highest BCUT2D eigenvalue weighted by Crippen LogP contribution is 2.20. The van der Waals surface area contributed by atoms with Crippen LogP contribution in [-0.4, -0.2) is 16.2 Å². The molecule has 1 aromatic carbocycles. The van der Waals surface area contributed by atoms with Crippen LogP contribution in [-0.2, 0) is 10.4 Å². The fraction of sp³-hybridized carbons (Fsp3) is 0.222. The number of benzene rings is 1. The molecule has 1 rings (SSSR count). The number of hydrogen-bond donors (Lipinski definition) is 2. The maximum absolute atomic E-state index is 12.7. The van der Waals surface area contributed by atoms with E-state index in [2.05, 4.69) is 0 Å². The Bertz CT molecular complexity index is 333. The molecule has 2 N–H and O–H groups in total. The Hall–Kier alpha value is -1.42. The van der Waals surface area contributed by atoms with Crippen molar-refractivity contribution in [3.05, 3.63) is 35.6 Å². The van der Waals surface area contributed by atoms with E-state index in [0.29, 0.717) is 0 Å². The number of carboxylic acids is 1. The van der Waals surface area contributed by atoms with Gasteiger partial charge in [0.15, 0.2) is 5.60 Å². The first-order valence-corrected chi connectivity index (χ1v) is 3.66. The summed E-state index contributed by atoms with van der Waals surface area (Å²) in [5.74, 6) is -1.97. The molecule has 0 heterocycles. The van der Waals surface area contributed by atoms with Gasteiger partial charge in [-0.3, -0.25) is 0 Å². The minimum Gasteiger partial charge on any atom is -0.479 e. The SMILES string of the molecule is CC(O)(C(=O)O)c1cccc(F)c1. The third-order valence-corrected chi connectivity index (χ3v) is 1.80. The lowest BCUT2D eigenvalue weighted by Crippen LogP contribution is -2.31. The highest BCUT2D eigenvalue weighted by atomic mass is 19.1. The second-order valence-corrected chi connectivity index (χ2v) is 2.89. The van der Waals surface area contributed by atoms with Gasteiger partial charge in [0.2, 0.25) is 0 Å². The smallest absolute Gasteiger partial charge is 0.340 e. The lowest BCUT2D eigenvalue weighted by atomic mass is 9.96. The summed E-state index contributed by atoms with van der Waals surface area (Å²) in [6.07, 6.45) is 0. The highest BCUT2D eigenvalue weighted by molar-refractivity contribution is 5.78. The standard InChI is InChI=1S/C9H9FO3/c1-9(13,8(11)12)6-3-2-4-7(10)5-6/h2-5,13H,1H3,(H,11,12). The van der Waals surface area contributed by atoms with Crippen LogP contribution in [0.5, 0.6) is 0 Å². The van der Waals surface area contributed by atoms with Crippen molar-refractivity contribution >= 4 is 5.97 Å². The van der Waals surface area contributed by atoms with Crippen LogP contribution in [0.25, 0.3) is 0 Å². The quantitative estimate of drug-likeness (QED) is 0.724. The van der Waals surface area contributed by atoms with Crippen LogP contribution in [0.2, 0.25) is 0 Å². The van der Waals surface area contributed by atoms with Crippen molar-refractivity contribution in [1.29, 1.82) is 0 Å². The highest BCUT2D eigenvalue weighted by Gasteiger charge is 2.32. The van der Waals surface area contributed by atoms with Gasteiger partial charge in [0.25, 0.3) is 0 Å². The second-order valence-electron chi connectivity index (χ2n) is 2.89. The molecule has 4 heteroatoms. The Labute approximate surface area is 74.4 Å². The first-order valence-electron chi connectivity index (χ1n) is 3.66. The summed E-state index contributed by atoms with van der Waals surface area (Å²) in [6.45, 7) is 1.10. The number of aliphatic hydroxyl groups is 1. The van der Waals surface area contributed by atoms with Gasteiger partial charge in [-0.25, -0.2) is 9.18 Å². The minimum absolute atomic E-state index is 0.0278. The zero-order valence-electron chi connectivity index (χ0n) is 6.99. The molecule has 0 aliphatic heterocycles. The lowest BCUT2D eigenvalue weighted by Gasteiger charge is -2.17. The van der Waals surface area contributed by atoms with E-state index in [9.17, 15) is 14.3 Å². The van der Waals surface area contributed by atoms with Crippen molar-refractivity contribution in [1.82, 2.24) is 0 Å². The van der Waals surface area contributed by atoms with E-state index in [-0.39, 0.29) is 5.56 Å². The van der Waals surface area contributed by atoms with Crippen molar-refractivity contribution < 1.29 is 19.4 Å². The average molecular weight is 184 g/mol. The molecule has 1 unspecified atom stereocenters. The van der Waals surface area contributed by atoms with Gasteiger partial charge in [-0.05, 0) is 24.6 Å². The Kier molecular flexibility index (Phi) is 2.34. The van der Waals surface area contributed by atoms with Crippen LogP contribution in [0.3, 0.4) is 0 Å². The predicted molar refractivity (Wildman–Crippen MR) is 43.6 cm³/mol. The molecule has 0 amide bonds. The molecule has 0 spiro atoms. The maximum atomic E-state index is 12.7. The number of carboxylic acid groups (broad SMARTS) is 1. The van der Waals surface area contributed by atoms with Crippen LogP contribution < -0.4 is 0 Å². The molecule has 0 fully saturated rings. The summed E-state index contributed by atoms with van der Waals surface area (Å²) < 4.78 is 12.7. The van der Waals surface area contributed by atoms with Crippen LogP contribution in [0.4, 0.5) is 4.39 Å². The van der Waals surface area contributed by atoms with Crippen LogP contribution in [0, 0.1) is 5.82 Å². The fourth-order valence-corrected chi connectivity index (χ4v) is 0.915. The van der Waals surface area contributed by atoms with Gasteiger partial charge in [-0.15, -0.1) is 0 Å². The minimum atomic E-state index is -2.04. The van der Waals surface area contributed by atoms with Crippen LogP contribution in [0.1, 0.15) is 12.5 Å². The van der Waals surface area contributed by atoms with Crippen molar-refractivity contribution in [2.45, 2.75) is 12.5 Å². The van der Waals surface area contributed by atoms with Gasteiger partial charge in [0.1, 0.15) is 5.82 Å². The first-order chi connectivity index (χ1) is 5.94. The summed E-state index contributed by atoms with van der Waals surface area (Å²) >= 11 is 0. The Morgan fingerprint density at radius 1 is 1.54 bits per heavy atom. The van der Waals surface area contributed by atoms with E-state index in [1.54, 1.807) is 0 Å². The molecule has 0 radical (unpaired) electrons. The predicted octanol–water partition coefficient (Wildman–Crippen LogP) is 1.12. The summed E-state index contributed by atoms with van der Waals surface area (Å²) in [7, 11) is 0. The van der Waals surface area contributed by atoms with E-state index < -0.39 is 17.4 Å². The monoisotopic (exact) mass is 184 g/mol. The molecule has 0 aliphatic rings. The molecular weight excluding hydrogens is 175 g/mol. The van der Waals surface area contributed by atoms with Gasteiger partial charge in [-0.2, -0.15) is 0 Å². The molecule has 1 aromatic rings. The van der Waals surface area contributed by atoms with Crippen molar-refractivity contribution in [2.24, 2.45) is 0 Å². The number of aliphatic carboxylic acids is 1. The summed E-state index contributed by atoms with van der Waals surface area (Å²) in [6, 6.07) is 4.88. The number of hydrogen-bond acceptors (Lipinski definition) is 2. The van der Waals surface area contributed by atoms with E-state index >= 15 is 0 Å². The molecule has 13 heavy (non-hydrogen) atoms. The fourth-order valence-electron chi connectivity index (χ4n) is 0.915. The molecule has 1 atom stereocenters. The third kappa shape index (κ3) is 1.84. The van der Waals surface area contributed by atoms with Crippen molar-refractivity contribution in [2.75, 3.05) is 0 Å². The van der Waals surface area contributed by atoms with E-state index in [4.69, 9.17) is 5.11 Å². The Morgan fingerprint density at radius 3 is 2.62 bits per heavy atom. The Morgan fingerprint density at radius 2 is 2.15 bits per heavy atom. The van der Waals surface area contributed by atoms with E-state index in [1.807, 2.05) is 0 Å². The molecule has 0 saturated heterocycles. The topological polar surface area (TPSA) is 57.5 Å². The summed E-state index contributed by atoms with van der Waals surface area (Å²) in [5.41, 5.74) is -2.01. The normalized spacial score (nSPS) is 15.0. The van der Waals surface area contributed by atoms with Gasteiger partial charge < -0.3 is 10.2 Å². The Balaban J connectivity index is 3.14. The third-order valence-electron chi connectivity index (χ3n) is 1.80. The number of halogens is 1. The van der Waals surface area contributed by atoms with Crippen LogP contribution >= 0.6 is 0 Å². The molecule has 0 bridgehead atoms. The van der Waals surface area contributed by atoms with Crippen LogP contribution in [0.15, 0.2) is 24.3 Å². The molecule has 3 nitrogen and oxygen atoms in total. The van der Waals surface area contributed by atoms with Crippen molar-refractivity contribution in [3.8, 4) is 0 Å². The van der Waals surface area contributed by atoms with Crippen molar-refractivity contribution in [3.63, 3.8) is 0 Å². The first kappa shape index (κ1) is 9.67. The largest absolute Gasteiger partial charge is 0.479 e. The lowest BCUT2D eigenvalue weighted by molar-refractivity contribution is -0.157. The van der Waals surface area contributed by atoms with Gasteiger partial charge >= 0.3 is 5.97 Å². The number of rotatable bonds is 2. The second kappa shape index (κ2) is 3.14. The van der Waals surface area contributed by atoms with E-state index in [0.717, 1.165) is 13.0 Å². The molecule has 70 valence electrons. The van der Waals surface area contributed by atoms with Gasteiger partial charge in [0, 0.05) is 0 Å². The summed E-state index contributed by atoms with van der Waals surface area (Å²) in [4.78, 5) is 10.6. The molecular formula is C9H9FO3. The summed E-state index contributed by atoms with van der Waals surface area (Å²) in [5, 5.41) is 18.0. The van der Waals surface area contributed by atoms with Gasteiger partial charge in [0.05, 0.1) is 0 Å². The molecule has 0 aliphatic carbocycles. The molecule has 0 aromatic heterocycles. The van der Waals surface area contributed by atoms with Gasteiger partial charge in [-0.1, -0.05) is 12.1 Å². The molecule has 0 saturated carbocycles. The number of carbonyl (C=O) groups is 1. The zero-order valence-corrected chi connectivity index (χ0v) is 6.99.